The summed E-state index contributed by atoms with van der Waals surface area (Å²) in [6.45, 7) is 5.00. The third-order valence-electron chi connectivity index (χ3n) is 4.08. The average molecular weight is 358 g/mol. The molecule has 0 amide bonds. The Bertz CT molecular complexity index is 787. The van der Waals surface area contributed by atoms with Gasteiger partial charge in [-0.1, -0.05) is 13.3 Å². The lowest BCUT2D eigenvalue weighted by atomic mass is 10.3. The summed E-state index contributed by atoms with van der Waals surface area (Å²) in [6, 6.07) is 2.95. The normalized spacial score (nSPS) is 14.3. The van der Waals surface area contributed by atoms with E-state index in [4.69, 9.17) is 4.74 Å². The van der Waals surface area contributed by atoms with Crippen LogP contribution in [0.3, 0.4) is 0 Å². The fourth-order valence-electron chi connectivity index (χ4n) is 2.66. The van der Waals surface area contributed by atoms with Crippen LogP contribution >= 0.6 is 0 Å². The van der Waals surface area contributed by atoms with Gasteiger partial charge in [0.15, 0.2) is 5.69 Å². The van der Waals surface area contributed by atoms with Gasteiger partial charge in [0.1, 0.15) is 0 Å². The van der Waals surface area contributed by atoms with Crippen LogP contribution in [-0.2, 0) is 4.74 Å². The zero-order valence-corrected chi connectivity index (χ0v) is 14.7. The number of aromatic nitrogens is 4. The topological polar surface area (TPSA) is 104 Å². The van der Waals surface area contributed by atoms with E-state index in [-0.39, 0.29) is 11.3 Å². The predicted molar refractivity (Wildman–Crippen MR) is 96.5 cm³/mol. The van der Waals surface area contributed by atoms with Crippen molar-refractivity contribution in [3.8, 4) is 0 Å². The molecule has 1 N–H and O–H groups in total. The van der Waals surface area contributed by atoms with E-state index in [1.54, 1.807) is 18.5 Å². The second-order valence-corrected chi connectivity index (χ2v) is 5.97. The Morgan fingerprint density at radius 3 is 2.58 bits per heavy atom. The van der Waals surface area contributed by atoms with Gasteiger partial charge in [-0.05, 0) is 12.5 Å². The van der Waals surface area contributed by atoms with E-state index in [1.807, 2.05) is 11.8 Å². The highest BCUT2D eigenvalue weighted by Gasteiger charge is 2.22. The first-order valence-electron chi connectivity index (χ1n) is 8.73. The Morgan fingerprint density at radius 2 is 1.88 bits per heavy atom. The summed E-state index contributed by atoms with van der Waals surface area (Å²) in [5, 5.41) is 0. The van der Waals surface area contributed by atoms with Gasteiger partial charge in [0, 0.05) is 44.6 Å². The van der Waals surface area contributed by atoms with Crippen LogP contribution in [0.25, 0.3) is 0 Å². The molecule has 0 saturated carbocycles. The number of carbonyl (C=O) groups is 1. The van der Waals surface area contributed by atoms with E-state index in [0.717, 1.165) is 12.8 Å². The molecule has 0 atom stereocenters. The molecule has 0 aliphatic carbocycles. The zero-order chi connectivity index (χ0) is 18.4. The number of esters is 1. The summed E-state index contributed by atoms with van der Waals surface area (Å²) < 4.78 is 5.14. The SMILES string of the molecule is CCCCOC(=O)c1cc(=O)[nH]c(N2CCN(c3ncccn3)CC2)n1. The molecular weight excluding hydrogens is 336 g/mol. The van der Waals surface area contributed by atoms with Gasteiger partial charge in [-0.3, -0.25) is 9.78 Å². The van der Waals surface area contributed by atoms with E-state index in [0.29, 0.717) is 44.7 Å². The maximum Gasteiger partial charge on any atom is 0.357 e. The van der Waals surface area contributed by atoms with E-state index >= 15 is 0 Å². The van der Waals surface area contributed by atoms with Gasteiger partial charge in [-0.25, -0.2) is 19.7 Å². The van der Waals surface area contributed by atoms with Crippen molar-refractivity contribution >= 4 is 17.9 Å². The van der Waals surface area contributed by atoms with Crippen LogP contribution in [-0.4, -0.2) is 58.7 Å². The Kier molecular flexibility index (Phi) is 5.77. The molecule has 138 valence electrons. The van der Waals surface area contributed by atoms with Crippen molar-refractivity contribution in [1.82, 2.24) is 19.9 Å². The first-order chi connectivity index (χ1) is 12.7. The number of unbranched alkanes of at least 4 members (excludes halogenated alkanes) is 1. The molecule has 1 aliphatic heterocycles. The number of ether oxygens (including phenoxy) is 1. The molecule has 2 aromatic heterocycles. The Morgan fingerprint density at radius 1 is 1.19 bits per heavy atom. The van der Waals surface area contributed by atoms with Crippen LogP contribution in [0, 0.1) is 0 Å². The molecule has 1 aliphatic rings. The minimum Gasteiger partial charge on any atom is -0.461 e. The molecule has 2 aromatic rings. The fraction of sp³-hybridized carbons (Fsp3) is 0.471. The Balaban J connectivity index is 1.66. The molecule has 1 saturated heterocycles. The maximum absolute atomic E-state index is 12.1. The summed E-state index contributed by atoms with van der Waals surface area (Å²) in [7, 11) is 0. The summed E-state index contributed by atoms with van der Waals surface area (Å²) in [5.74, 6) is 0.498. The molecule has 0 bridgehead atoms. The van der Waals surface area contributed by atoms with Crippen molar-refractivity contribution in [1.29, 1.82) is 0 Å². The first kappa shape index (κ1) is 17.8. The molecule has 0 spiro atoms. The van der Waals surface area contributed by atoms with Crippen LogP contribution in [0.2, 0.25) is 0 Å². The number of H-pyrrole nitrogens is 1. The lowest BCUT2D eigenvalue weighted by Gasteiger charge is -2.34. The monoisotopic (exact) mass is 358 g/mol. The minimum atomic E-state index is -0.567. The number of rotatable bonds is 6. The number of anilines is 2. The summed E-state index contributed by atoms with van der Waals surface area (Å²) in [4.78, 5) is 43.5. The fourth-order valence-corrected chi connectivity index (χ4v) is 2.66. The molecule has 0 aromatic carbocycles. The Hall–Kier alpha value is -2.97. The second-order valence-electron chi connectivity index (χ2n) is 5.97. The molecule has 3 rings (SSSR count). The van der Waals surface area contributed by atoms with Crippen molar-refractivity contribution in [2.24, 2.45) is 0 Å². The molecule has 0 radical (unpaired) electrons. The number of hydrogen-bond acceptors (Lipinski definition) is 8. The van der Waals surface area contributed by atoms with Crippen molar-refractivity contribution in [3.05, 3.63) is 40.6 Å². The van der Waals surface area contributed by atoms with Crippen LogP contribution in [0.1, 0.15) is 30.3 Å². The third-order valence-corrected chi connectivity index (χ3v) is 4.08. The third kappa shape index (κ3) is 4.35. The lowest BCUT2D eigenvalue weighted by molar-refractivity contribution is 0.0492. The molecule has 9 heteroatoms. The van der Waals surface area contributed by atoms with Crippen LogP contribution in [0.5, 0.6) is 0 Å². The zero-order valence-electron chi connectivity index (χ0n) is 14.7. The van der Waals surface area contributed by atoms with E-state index in [1.165, 1.54) is 6.07 Å². The van der Waals surface area contributed by atoms with E-state index in [2.05, 4.69) is 24.8 Å². The van der Waals surface area contributed by atoms with Gasteiger partial charge >= 0.3 is 5.97 Å². The second kappa shape index (κ2) is 8.41. The molecule has 0 unspecified atom stereocenters. The maximum atomic E-state index is 12.1. The predicted octanol–water partition coefficient (Wildman–Crippen LogP) is 0.843. The highest BCUT2D eigenvalue weighted by Crippen LogP contribution is 2.14. The average Bonchev–Trinajstić information content (AvgIpc) is 2.68. The van der Waals surface area contributed by atoms with Crippen LogP contribution in [0.15, 0.2) is 29.3 Å². The van der Waals surface area contributed by atoms with Crippen molar-refractivity contribution in [2.45, 2.75) is 19.8 Å². The quantitative estimate of drug-likeness (QED) is 0.598. The number of aromatic amines is 1. The Labute approximate surface area is 151 Å². The van der Waals surface area contributed by atoms with E-state index in [9.17, 15) is 9.59 Å². The van der Waals surface area contributed by atoms with Crippen molar-refractivity contribution in [3.63, 3.8) is 0 Å². The summed E-state index contributed by atoms with van der Waals surface area (Å²) in [6.07, 6.45) is 5.13. The number of nitrogens with zero attached hydrogens (tertiary/aromatic N) is 5. The molecular formula is C17H22N6O3. The van der Waals surface area contributed by atoms with Gasteiger partial charge in [0.25, 0.3) is 5.56 Å². The summed E-state index contributed by atoms with van der Waals surface area (Å²) >= 11 is 0. The van der Waals surface area contributed by atoms with Gasteiger partial charge in [0.2, 0.25) is 11.9 Å². The lowest BCUT2D eigenvalue weighted by Crippen LogP contribution is -2.48. The number of hydrogen-bond donors (Lipinski definition) is 1. The minimum absolute atomic E-state index is 0.0358. The number of carbonyl (C=O) groups excluding carboxylic acids is 1. The highest BCUT2D eigenvalue weighted by atomic mass is 16.5. The van der Waals surface area contributed by atoms with Gasteiger partial charge in [-0.15, -0.1) is 0 Å². The standard InChI is InChI=1S/C17H22N6O3/c1-2-3-11-26-15(25)13-12-14(24)21-17(20-13)23-9-7-22(8-10-23)16-18-5-4-6-19-16/h4-6,12H,2-3,7-11H2,1H3,(H,20,21,24). The largest absolute Gasteiger partial charge is 0.461 e. The van der Waals surface area contributed by atoms with Crippen molar-refractivity contribution < 1.29 is 9.53 Å². The van der Waals surface area contributed by atoms with Gasteiger partial charge in [0.05, 0.1) is 6.61 Å². The molecule has 9 nitrogen and oxygen atoms in total. The molecule has 26 heavy (non-hydrogen) atoms. The van der Waals surface area contributed by atoms with E-state index < -0.39 is 5.97 Å². The summed E-state index contributed by atoms with van der Waals surface area (Å²) in [5.41, 5.74) is -0.333. The van der Waals surface area contributed by atoms with Gasteiger partial charge in [-0.2, -0.15) is 0 Å². The number of piperazine rings is 1. The smallest absolute Gasteiger partial charge is 0.357 e. The number of nitrogens with one attached hydrogen (secondary N) is 1. The van der Waals surface area contributed by atoms with Crippen LogP contribution < -0.4 is 15.4 Å². The van der Waals surface area contributed by atoms with Crippen LogP contribution in [0.4, 0.5) is 11.9 Å². The highest BCUT2D eigenvalue weighted by molar-refractivity contribution is 5.87. The van der Waals surface area contributed by atoms with Crippen molar-refractivity contribution in [2.75, 3.05) is 42.6 Å². The molecule has 3 heterocycles. The molecule has 1 fully saturated rings. The first-order valence-corrected chi connectivity index (χ1v) is 8.73. The van der Waals surface area contributed by atoms with Gasteiger partial charge < -0.3 is 14.5 Å².